The van der Waals surface area contributed by atoms with Crippen LogP contribution in [-0.4, -0.2) is 76.7 Å². The zero-order chi connectivity index (χ0) is 13.9. The highest BCUT2D eigenvalue weighted by atomic mass is 16.3. The van der Waals surface area contributed by atoms with Crippen molar-refractivity contribution in [2.24, 2.45) is 0 Å². The van der Waals surface area contributed by atoms with Crippen molar-refractivity contribution >= 4 is 17.8 Å². The third-order valence-electron chi connectivity index (χ3n) is 2.54. The van der Waals surface area contributed by atoms with Crippen LogP contribution in [-0.2, 0) is 9.59 Å². The molecule has 18 heavy (non-hydrogen) atoms. The van der Waals surface area contributed by atoms with Gasteiger partial charge in [-0.3, -0.25) is 14.5 Å². The van der Waals surface area contributed by atoms with E-state index in [2.05, 4.69) is 5.32 Å². The van der Waals surface area contributed by atoms with Crippen LogP contribution in [0.5, 0.6) is 0 Å². The first-order valence-corrected chi connectivity index (χ1v) is 5.42. The van der Waals surface area contributed by atoms with Crippen molar-refractivity contribution in [3.63, 3.8) is 0 Å². The summed E-state index contributed by atoms with van der Waals surface area (Å²) in [5, 5.41) is 20.6. The van der Waals surface area contributed by atoms with Crippen molar-refractivity contribution in [3.8, 4) is 0 Å². The third kappa shape index (κ3) is 3.41. The van der Waals surface area contributed by atoms with Crippen molar-refractivity contribution < 1.29 is 24.6 Å². The Morgan fingerprint density at radius 3 is 2.56 bits per heavy atom. The first kappa shape index (κ1) is 14.4. The summed E-state index contributed by atoms with van der Waals surface area (Å²) in [6, 6.07) is -0.524. The molecule has 0 aliphatic carbocycles. The van der Waals surface area contributed by atoms with Gasteiger partial charge in [0.15, 0.2) is 0 Å². The number of nitrogens with zero attached hydrogens (tertiary/aromatic N) is 2. The van der Waals surface area contributed by atoms with E-state index in [1.807, 2.05) is 0 Å². The molecule has 1 aliphatic rings. The van der Waals surface area contributed by atoms with Crippen molar-refractivity contribution in [1.29, 1.82) is 0 Å². The Labute approximate surface area is 104 Å². The minimum atomic E-state index is -1.43. The number of likely N-dealkylation sites (N-methyl/N-ethyl adjacent to an activating group) is 1. The van der Waals surface area contributed by atoms with Gasteiger partial charge in [0, 0.05) is 13.6 Å². The highest BCUT2D eigenvalue weighted by Crippen LogP contribution is 2.07. The van der Waals surface area contributed by atoms with Crippen LogP contribution in [0.2, 0.25) is 0 Å². The Balaban J connectivity index is 2.46. The summed E-state index contributed by atoms with van der Waals surface area (Å²) in [5.74, 6) is -1.01. The predicted molar refractivity (Wildman–Crippen MR) is 60.5 cm³/mol. The molecule has 8 heteroatoms. The molecule has 4 amide bonds. The Morgan fingerprint density at radius 2 is 2.11 bits per heavy atom. The van der Waals surface area contributed by atoms with Crippen LogP contribution in [0.4, 0.5) is 4.79 Å². The maximum atomic E-state index is 11.5. The molecule has 0 radical (unpaired) electrons. The van der Waals surface area contributed by atoms with E-state index in [0.717, 1.165) is 4.90 Å². The summed E-state index contributed by atoms with van der Waals surface area (Å²) in [4.78, 5) is 36.4. The zero-order valence-corrected chi connectivity index (χ0v) is 10.3. The summed E-state index contributed by atoms with van der Waals surface area (Å²) >= 11 is 0. The van der Waals surface area contributed by atoms with Gasteiger partial charge in [0.05, 0.1) is 6.61 Å². The predicted octanol–water partition coefficient (Wildman–Crippen LogP) is -2.26. The van der Waals surface area contributed by atoms with E-state index in [4.69, 9.17) is 5.11 Å². The van der Waals surface area contributed by atoms with E-state index in [1.165, 1.54) is 18.9 Å². The standard InChI is InChI=1S/C10H17N3O5/c1-10(18,6-14)5-11-7(15)3-13-8(16)4-12(2)9(13)17/h14,18H,3-6H2,1-2H3,(H,11,15). The number of hydrogen-bond acceptors (Lipinski definition) is 5. The lowest BCUT2D eigenvalue weighted by molar-refractivity contribution is -0.131. The van der Waals surface area contributed by atoms with Crippen LogP contribution < -0.4 is 5.32 Å². The number of carbonyl (C=O) groups is 3. The number of urea groups is 1. The molecule has 1 rings (SSSR count). The topological polar surface area (TPSA) is 110 Å². The number of hydrogen-bond donors (Lipinski definition) is 3. The summed E-state index contributed by atoms with van der Waals surface area (Å²) in [5.41, 5.74) is -1.43. The molecule has 3 N–H and O–H groups in total. The minimum absolute atomic E-state index is 0.0412. The Hall–Kier alpha value is -1.67. The summed E-state index contributed by atoms with van der Waals surface area (Å²) < 4.78 is 0. The van der Waals surface area contributed by atoms with Crippen molar-refractivity contribution in [3.05, 3.63) is 0 Å². The third-order valence-corrected chi connectivity index (χ3v) is 2.54. The molecule has 1 saturated heterocycles. The van der Waals surface area contributed by atoms with E-state index in [0.29, 0.717) is 0 Å². The normalized spacial score (nSPS) is 19.1. The van der Waals surface area contributed by atoms with E-state index in [-0.39, 0.29) is 19.6 Å². The number of amides is 4. The molecule has 1 unspecified atom stereocenters. The molecule has 1 aliphatic heterocycles. The van der Waals surface area contributed by atoms with Gasteiger partial charge >= 0.3 is 6.03 Å². The Morgan fingerprint density at radius 1 is 1.50 bits per heavy atom. The number of carbonyl (C=O) groups excluding carboxylic acids is 3. The number of imide groups is 1. The first-order chi connectivity index (χ1) is 8.26. The number of aliphatic hydroxyl groups excluding tert-OH is 1. The van der Waals surface area contributed by atoms with Crippen molar-refractivity contribution in [2.45, 2.75) is 12.5 Å². The van der Waals surface area contributed by atoms with Gasteiger partial charge in [0.1, 0.15) is 18.7 Å². The fraction of sp³-hybridized carbons (Fsp3) is 0.700. The Bertz CT molecular complexity index is 369. The van der Waals surface area contributed by atoms with Gasteiger partial charge in [-0.25, -0.2) is 4.79 Å². The molecule has 102 valence electrons. The second kappa shape index (κ2) is 5.32. The van der Waals surface area contributed by atoms with E-state index in [1.54, 1.807) is 0 Å². The molecule has 0 aromatic rings. The molecule has 1 heterocycles. The van der Waals surface area contributed by atoms with E-state index < -0.39 is 30.1 Å². The van der Waals surface area contributed by atoms with Crippen LogP contribution in [0.1, 0.15) is 6.92 Å². The quantitative estimate of drug-likeness (QED) is 0.483. The minimum Gasteiger partial charge on any atom is -0.393 e. The number of rotatable bonds is 5. The van der Waals surface area contributed by atoms with Crippen LogP contribution in [0.3, 0.4) is 0 Å². The number of aliphatic hydroxyl groups is 2. The maximum Gasteiger partial charge on any atom is 0.327 e. The van der Waals surface area contributed by atoms with Gasteiger partial charge in [-0.2, -0.15) is 0 Å². The molecule has 0 aromatic carbocycles. The SMILES string of the molecule is CN1CC(=O)N(CC(=O)NCC(C)(O)CO)C1=O. The summed E-state index contributed by atoms with van der Waals surface area (Å²) in [6.45, 7) is 0.267. The van der Waals surface area contributed by atoms with Gasteiger partial charge in [-0.1, -0.05) is 0 Å². The lowest BCUT2D eigenvalue weighted by Crippen LogP contribution is -2.47. The average molecular weight is 259 g/mol. The molecule has 8 nitrogen and oxygen atoms in total. The largest absolute Gasteiger partial charge is 0.393 e. The highest BCUT2D eigenvalue weighted by Gasteiger charge is 2.34. The second-order valence-corrected chi connectivity index (χ2v) is 4.55. The van der Waals surface area contributed by atoms with Crippen LogP contribution in [0, 0.1) is 0 Å². The van der Waals surface area contributed by atoms with E-state index in [9.17, 15) is 19.5 Å². The smallest absolute Gasteiger partial charge is 0.327 e. The molecular formula is C10H17N3O5. The van der Waals surface area contributed by atoms with E-state index >= 15 is 0 Å². The number of nitrogens with one attached hydrogen (secondary N) is 1. The molecule has 1 atom stereocenters. The lowest BCUT2D eigenvalue weighted by atomic mass is 10.1. The van der Waals surface area contributed by atoms with Crippen molar-refractivity contribution in [1.82, 2.24) is 15.1 Å². The average Bonchev–Trinajstić information content (AvgIpc) is 2.54. The Kier molecular flexibility index (Phi) is 4.25. The van der Waals surface area contributed by atoms with Crippen LogP contribution in [0.25, 0.3) is 0 Å². The molecule has 0 bridgehead atoms. The molecular weight excluding hydrogens is 242 g/mol. The van der Waals surface area contributed by atoms with Gasteiger partial charge in [-0.15, -0.1) is 0 Å². The molecule has 1 fully saturated rings. The van der Waals surface area contributed by atoms with Gasteiger partial charge in [0.25, 0.3) is 5.91 Å². The maximum absolute atomic E-state index is 11.5. The van der Waals surface area contributed by atoms with Gasteiger partial charge in [-0.05, 0) is 6.92 Å². The van der Waals surface area contributed by atoms with Crippen LogP contribution >= 0.6 is 0 Å². The van der Waals surface area contributed by atoms with Crippen molar-refractivity contribution in [2.75, 3.05) is 33.3 Å². The second-order valence-electron chi connectivity index (χ2n) is 4.55. The fourth-order valence-electron chi connectivity index (χ4n) is 1.37. The molecule has 0 spiro atoms. The summed E-state index contributed by atoms with van der Waals surface area (Å²) in [7, 11) is 1.47. The van der Waals surface area contributed by atoms with Gasteiger partial charge in [0.2, 0.25) is 5.91 Å². The molecule has 0 saturated carbocycles. The van der Waals surface area contributed by atoms with Crippen LogP contribution in [0.15, 0.2) is 0 Å². The fourth-order valence-corrected chi connectivity index (χ4v) is 1.37. The zero-order valence-electron chi connectivity index (χ0n) is 10.3. The highest BCUT2D eigenvalue weighted by molar-refractivity contribution is 6.04. The molecule has 0 aromatic heterocycles. The van der Waals surface area contributed by atoms with Gasteiger partial charge < -0.3 is 20.4 Å². The lowest BCUT2D eigenvalue weighted by Gasteiger charge is -2.21. The summed E-state index contributed by atoms with van der Waals surface area (Å²) in [6.07, 6.45) is 0. The first-order valence-electron chi connectivity index (χ1n) is 5.42. The monoisotopic (exact) mass is 259 g/mol.